The molecule has 196 valence electrons. The van der Waals surface area contributed by atoms with Gasteiger partial charge in [0.1, 0.15) is 0 Å². The Bertz CT molecular complexity index is 2640. The number of benzene rings is 7. The fourth-order valence-electron chi connectivity index (χ4n) is 6.39. The largest absolute Gasteiger partial charge is 0.354 e. The van der Waals surface area contributed by atoms with E-state index < -0.39 is 0 Å². The van der Waals surface area contributed by atoms with Crippen molar-refractivity contribution in [2.75, 3.05) is 0 Å². The number of H-pyrrole nitrogens is 1. The molecular weight excluding hydrogens is 508 g/mol. The van der Waals surface area contributed by atoms with Gasteiger partial charge < -0.3 is 9.55 Å². The van der Waals surface area contributed by atoms with E-state index in [-0.39, 0.29) is 24.2 Å². The number of fused-ring (bicyclic) bond motifs is 8. The number of para-hydroxylation sites is 1. The molecule has 0 aliphatic rings. The lowest BCUT2D eigenvalue weighted by molar-refractivity contribution is 1.18. The minimum absolute atomic E-state index is 0.0390. The van der Waals surface area contributed by atoms with Crippen LogP contribution in [0, 0.1) is 0 Å². The molecule has 0 aliphatic heterocycles. The van der Waals surface area contributed by atoms with E-state index in [1.165, 1.54) is 32.3 Å². The van der Waals surface area contributed by atoms with E-state index in [9.17, 15) is 0 Å². The van der Waals surface area contributed by atoms with Crippen LogP contribution in [0.4, 0.5) is 0 Å². The van der Waals surface area contributed by atoms with Crippen molar-refractivity contribution in [2.45, 2.75) is 0 Å². The van der Waals surface area contributed by atoms with E-state index in [2.05, 4.69) is 82.3 Å². The van der Waals surface area contributed by atoms with Crippen LogP contribution in [0.2, 0.25) is 0 Å². The zero-order chi connectivity index (χ0) is 31.1. The average Bonchev–Trinajstić information content (AvgIpc) is 3.62. The van der Waals surface area contributed by atoms with Crippen molar-refractivity contribution in [2.24, 2.45) is 0 Å². The molecule has 2 nitrogen and oxygen atoms in total. The van der Waals surface area contributed by atoms with Gasteiger partial charge in [0.2, 0.25) is 0 Å². The van der Waals surface area contributed by atoms with Gasteiger partial charge in [-0.2, -0.15) is 0 Å². The molecule has 42 heavy (non-hydrogen) atoms. The summed E-state index contributed by atoms with van der Waals surface area (Å²) >= 11 is 0. The molecule has 0 radical (unpaired) electrons. The molecule has 0 aliphatic carbocycles. The summed E-state index contributed by atoms with van der Waals surface area (Å²) in [4.78, 5) is 3.61. The van der Waals surface area contributed by atoms with Crippen molar-refractivity contribution in [3.05, 3.63) is 152 Å². The number of hydrogen-bond donors (Lipinski definition) is 1. The van der Waals surface area contributed by atoms with Crippen LogP contribution in [0.5, 0.6) is 0 Å². The van der Waals surface area contributed by atoms with E-state index in [4.69, 9.17) is 5.48 Å². The van der Waals surface area contributed by atoms with E-state index in [1.807, 2.05) is 54.6 Å². The van der Waals surface area contributed by atoms with Crippen molar-refractivity contribution in [1.29, 1.82) is 0 Å². The van der Waals surface area contributed by atoms with Gasteiger partial charge in [-0.05, 0) is 69.4 Å². The highest BCUT2D eigenvalue weighted by molar-refractivity contribution is 6.25. The molecule has 0 saturated heterocycles. The summed E-state index contributed by atoms with van der Waals surface area (Å²) in [6.45, 7) is 0. The third-order valence-corrected chi connectivity index (χ3v) is 8.38. The Morgan fingerprint density at radius 3 is 1.90 bits per heavy atom. The molecule has 9 aromatic rings. The molecule has 9 rings (SSSR count). The Kier molecular flexibility index (Phi) is 4.15. The van der Waals surface area contributed by atoms with Crippen molar-refractivity contribution in [1.82, 2.24) is 9.55 Å². The summed E-state index contributed by atoms with van der Waals surface area (Å²) < 4.78 is 37.6. The summed E-state index contributed by atoms with van der Waals surface area (Å²) in [5.74, 6) is 0. The highest BCUT2D eigenvalue weighted by Crippen LogP contribution is 2.40. The van der Waals surface area contributed by atoms with Crippen molar-refractivity contribution in [3.63, 3.8) is 0 Å². The Morgan fingerprint density at radius 1 is 0.452 bits per heavy atom. The molecule has 2 heteroatoms. The Labute approximate surface area is 248 Å². The van der Waals surface area contributed by atoms with E-state index in [1.54, 1.807) is 0 Å². The Morgan fingerprint density at radius 2 is 1.12 bits per heavy atom. The molecule has 7 aromatic carbocycles. The number of rotatable bonds is 3. The lowest BCUT2D eigenvalue weighted by Gasteiger charge is -2.10. The van der Waals surface area contributed by atoms with Crippen LogP contribution < -0.4 is 0 Å². The number of aromatic amines is 1. The molecule has 2 heterocycles. The second kappa shape index (κ2) is 8.95. The van der Waals surface area contributed by atoms with Gasteiger partial charge in [-0.3, -0.25) is 0 Å². The fourth-order valence-corrected chi connectivity index (χ4v) is 6.39. The highest BCUT2D eigenvalue weighted by Gasteiger charge is 2.17. The lowest BCUT2D eigenvalue weighted by Crippen LogP contribution is -1.94. The average molecular weight is 539 g/mol. The highest BCUT2D eigenvalue weighted by atomic mass is 15.0. The van der Waals surface area contributed by atoms with Crippen LogP contribution in [0.3, 0.4) is 0 Å². The SMILES string of the molecule is [2H]c1c([2H])c(-c2ccc(-n3c4cc5[nH]c6ccccc6c5cc4c4c5ccccc5ccc43)cc2)c([2H])c([2H])c1-c1ccccc1. The normalized spacial score (nSPS) is 13.1. The Hall–Kier alpha value is -5.60. The number of hydrogen-bond acceptors (Lipinski definition) is 0. The van der Waals surface area contributed by atoms with Crippen LogP contribution >= 0.6 is 0 Å². The monoisotopic (exact) mass is 538 g/mol. The quantitative estimate of drug-likeness (QED) is 0.231. The van der Waals surface area contributed by atoms with E-state index in [0.717, 1.165) is 27.8 Å². The van der Waals surface area contributed by atoms with E-state index >= 15 is 0 Å². The van der Waals surface area contributed by atoms with Gasteiger partial charge in [-0.1, -0.05) is 115 Å². The van der Waals surface area contributed by atoms with Gasteiger partial charge in [0.05, 0.1) is 16.5 Å². The first kappa shape index (κ1) is 19.5. The number of nitrogens with zero attached hydrogens (tertiary/aromatic N) is 1. The van der Waals surface area contributed by atoms with Crippen LogP contribution in [0.25, 0.3) is 82.3 Å². The third kappa shape index (κ3) is 3.45. The molecule has 0 spiro atoms. The molecule has 0 amide bonds. The topological polar surface area (TPSA) is 20.7 Å². The molecule has 0 bridgehead atoms. The smallest absolute Gasteiger partial charge is 0.0629 e. The van der Waals surface area contributed by atoms with Crippen molar-refractivity contribution in [3.8, 4) is 27.9 Å². The maximum Gasteiger partial charge on any atom is 0.0629 e. The van der Waals surface area contributed by atoms with Crippen LogP contribution in [0.1, 0.15) is 5.48 Å². The summed E-state index contributed by atoms with van der Waals surface area (Å²) in [6, 6.07) is 42.6. The summed E-state index contributed by atoms with van der Waals surface area (Å²) in [5.41, 5.74) is 7.23. The molecule has 2 aromatic heterocycles. The predicted molar refractivity (Wildman–Crippen MR) is 179 cm³/mol. The zero-order valence-corrected chi connectivity index (χ0v) is 22.6. The van der Waals surface area contributed by atoms with Gasteiger partial charge >= 0.3 is 0 Å². The van der Waals surface area contributed by atoms with Crippen LogP contribution in [-0.4, -0.2) is 9.55 Å². The molecule has 0 unspecified atom stereocenters. The van der Waals surface area contributed by atoms with Gasteiger partial charge in [-0.15, -0.1) is 0 Å². The summed E-state index contributed by atoms with van der Waals surface area (Å²) in [6.07, 6.45) is 0. The predicted octanol–water partition coefficient (Wildman–Crippen LogP) is 10.9. The van der Waals surface area contributed by atoms with Gasteiger partial charge in [0, 0.05) is 38.3 Å². The minimum atomic E-state index is -0.0443. The van der Waals surface area contributed by atoms with Crippen LogP contribution in [0.15, 0.2) is 152 Å². The van der Waals surface area contributed by atoms with Gasteiger partial charge in [-0.25, -0.2) is 0 Å². The van der Waals surface area contributed by atoms with Crippen molar-refractivity contribution < 1.29 is 5.48 Å². The third-order valence-electron chi connectivity index (χ3n) is 8.38. The zero-order valence-electron chi connectivity index (χ0n) is 26.6. The molecule has 0 saturated carbocycles. The first-order valence-corrected chi connectivity index (χ1v) is 14.1. The molecule has 0 atom stereocenters. The fraction of sp³-hybridized carbons (Fsp3) is 0. The first-order valence-electron chi connectivity index (χ1n) is 16.1. The Balaban J connectivity index is 1.27. The standard InChI is InChI=1S/C40H26N2/c1-2-8-26(9-3-1)27-14-16-28(17-15-27)29-18-21-31(22-19-29)42-38-23-20-30-10-4-5-11-32(30)40(38)35-24-34-33-12-6-7-13-36(33)41-37(34)25-39(35)42/h1-25,41H/i14D,15D,16D,17D. The first-order chi connectivity index (χ1) is 22.5. The van der Waals surface area contributed by atoms with Crippen LogP contribution in [-0.2, 0) is 0 Å². The van der Waals surface area contributed by atoms with Crippen molar-refractivity contribution >= 4 is 54.4 Å². The second-order valence-corrected chi connectivity index (χ2v) is 10.8. The molecule has 0 fully saturated rings. The van der Waals surface area contributed by atoms with Gasteiger partial charge in [0.25, 0.3) is 0 Å². The molecular formula is C40H26N2. The lowest BCUT2D eigenvalue weighted by atomic mass is 10.0. The summed E-state index contributed by atoms with van der Waals surface area (Å²) in [7, 11) is 0. The van der Waals surface area contributed by atoms with Gasteiger partial charge in [0.15, 0.2) is 0 Å². The number of aromatic nitrogens is 2. The molecule has 1 N–H and O–H groups in total. The number of nitrogens with one attached hydrogen (secondary N) is 1. The second-order valence-electron chi connectivity index (χ2n) is 10.8. The van der Waals surface area contributed by atoms with E-state index in [0.29, 0.717) is 22.3 Å². The maximum absolute atomic E-state index is 8.87. The minimum Gasteiger partial charge on any atom is -0.354 e. The summed E-state index contributed by atoms with van der Waals surface area (Å²) in [5, 5.41) is 7.13. The maximum atomic E-state index is 8.87.